The monoisotopic (exact) mass is 297 g/mol. The first kappa shape index (κ1) is 15.7. The number of amides is 1. The summed E-state index contributed by atoms with van der Waals surface area (Å²) in [6, 6.07) is 10.8. The van der Waals surface area contributed by atoms with Crippen LogP contribution >= 0.6 is 0 Å². The molecule has 0 aliphatic heterocycles. The van der Waals surface area contributed by atoms with Crippen molar-refractivity contribution in [2.24, 2.45) is 5.10 Å². The molecule has 0 atom stereocenters. The molecule has 0 fully saturated rings. The molecule has 0 unspecified atom stereocenters. The molecule has 0 radical (unpaired) electrons. The summed E-state index contributed by atoms with van der Waals surface area (Å²) in [5.74, 6) is -0.335. The van der Waals surface area contributed by atoms with Crippen molar-refractivity contribution in [1.82, 2.24) is 9.99 Å². The molecular weight excluding hydrogens is 278 g/mol. The van der Waals surface area contributed by atoms with Gasteiger partial charge in [0.1, 0.15) is 6.54 Å². The highest BCUT2D eigenvalue weighted by atomic mass is 16.2. The van der Waals surface area contributed by atoms with Gasteiger partial charge < -0.3 is 4.57 Å². The van der Waals surface area contributed by atoms with Gasteiger partial charge in [0.2, 0.25) is 0 Å². The fourth-order valence-corrected chi connectivity index (χ4v) is 2.11. The fourth-order valence-electron chi connectivity index (χ4n) is 2.11. The van der Waals surface area contributed by atoms with Gasteiger partial charge in [-0.05, 0) is 38.5 Å². The fraction of sp³-hybridized carbons (Fsp3) is 0.235. The van der Waals surface area contributed by atoms with Gasteiger partial charge in [0.25, 0.3) is 11.5 Å². The zero-order valence-corrected chi connectivity index (χ0v) is 13.0. The zero-order chi connectivity index (χ0) is 16.1. The van der Waals surface area contributed by atoms with Crippen LogP contribution in [0.1, 0.15) is 23.6 Å². The Morgan fingerprint density at radius 2 is 2.00 bits per heavy atom. The first-order valence-corrected chi connectivity index (χ1v) is 7.03. The quantitative estimate of drug-likeness (QED) is 0.693. The highest BCUT2D eigenvalue weighted by Gasteiger charge is 2.05. The van der Waals surface area contributed by atoms with E-state index in [9.17, 15) is 9.59 Å². The lowest BCUT2D eigenvalue weighted by Gasteiger charge is -2.08. The summed E-state index contributed by atoms with van der Waals surface area (Å²) in [6.45, 7) is 5.80. The summed E-state index contributed by atoms with van der Waals surface area (Å²) in [5.41, 5.74) is 6.24. The molecule has 114 valence electrons. The van der Waals surface area contributed by atoms with Crippen molar-refractivity contribution in [1.29, 1.82) is 0 Å². The number of nitrogens with zero attached hydrogens (tertiary/aromatic N) is 2. The molecular formula is C17H19N3O2. The average molecular weight is 297 g/mol. The van der Waals surface area contributed by atoms with Gasteiger partial charge >= 0.3 is 0 Å². The maximum atomic E-state index is 11.9. The molecule has 5 nitrogen and oxygen atoms in total. The van der Waals surface area contributed by atoms with Crippen molar-refractivity contribution in [2.75, 3.05) is 0 Å². The summed E-state index contributed by atoms with van der Waals surface area (Å²) < 4.78 is 1.33. The minimum atomic E-state index is -0.335. The van der Waals surface area contributed by atoms with E-state index in [1.807, 2.05) is 39.0 Å². The molecule has 1 amide bonds. The Labute approximate surface area is 129 Å². The summed E-state index contributed by atoms with van der Waals surface area (Å²) in [7, 11) is 0. The third-order valence-corrected chi connectivity index (χ3v) is 3.34. The molecule has 5 heteroatoms. The molecule has 0 spiro atoms. The molecule has 22 heavy (non-hydrogen) atoms. The van der Waals surface area contributed by atoms with Gasteiger partial charge in [-0.2, -0.15) is 5.10 Å². The number of carbonyl (C=O) groups excluding carboxylic acids is 1. The predicted molar refractivity (Wildman–Crippen MR) is 87.0 cm³/mol. The molecule has 0 bridgehead atoms. The zero-order valence-electron chi connectivity index (χ0n) is 13.0. The van der Waals surface area contributed by atoms with Gasteiger partial charge in [-0.15, -0.1) is 0 Å². The minimum absolute atomic E-state index is 0.0523. The molecule has 1 aromatic heterocycles. The van der Waals surface area contributed by atoms with Crippen LogP contribution in [0.3, 0.4) is 0 Å². The Balaban J connectivity index is 2.07. The molecule has 0 aliphatic rings. The van der Waals surface area contributed by atoms with E-state index >= 15 is 0 Å². The van der Waals surface area contributed by atoms with E-state index in [0.29, 0.717) is 0 Å². The summed E-state index contributed by atoms with van der Waals surface area (Å²) in [6.07, 6.45) is 1.57. The Hall–Kier alpha value is -2.69. The number of aromatic nitrogens is 1. The lowest BCUT2D eigenvalue weighted by molar-refractivity contribution is -0.121. The number of hydrogen-bond donors (Lipinski definition) is 1. The predicted octanol–water partition coefficient (Wildman–Crippen LogP) is 2.01. The van der Waals surface area contributed by atoms with Gasteiger partial charge in [-0.3, -0.25) is 9.59 Å². The highest BCUT2D eigenvalue weighted by Crippen LogP contribution is 2.11. The van der Waals surface area contributed by atoms with E-state index in [4.69, 9.17) is 0 Å². The molecule has 0 saturated heterocycles. The normalized spacial score (nSPS) is 11.3. The molecule has 2 aromatic rings. The molecule has 0 saturated carbocycles. The van der Waals surface area contributed by atoms with E-state index in [2.05, 4.69) is 10.5 Å². The van der Waals surface area contributed by atoms with Crippen LogP contribution in [0, 0.1) is 13.8 Å². The SMILES string of the molecule is C/C(=N/NC(=O)Cn1ccccc1=O)c1cc(C)ccc1C. The van der Waals surface area contributed by atoms with E-state index in [1.54, 1.807) is 18.3 Å². The van der Waals surface area contributed by atoms with Crippen LogP contribution in [-0.4, -0.2) is 16.2 Å². The number of benzene rings is 1. The molecule has 1 N–H and O–H groups in total. The number of hydrazone groups is 1. The topological polar surface area (TPSA) is 63.5 Å². The van der Waals surface area contributed by atoms with Crippen molar-refractivity contribution in [2.45, 2.75) is 27.3 Å². The number of pyridine rings is 1. The van der Waals surface area contributed by atoms with Crippen LogP contribution in [0.2, 0.25) is 0 Å². The third-order valence-electron chi connectivity index (χ3n) is 3.34. The second kappa shape index (κ2) is 6.85. The smallest absolute Gasteiger partial charge is 0.260 e. The second-order valence-electron chi connectivity index (χ2n) is 5.22. The molecule has 1 heterocycles. The van der Waals surface area contributed by atoms with Crippen molar-refractivity contribution in [3.8, 4) is 0 Å². The van der Waals surface area contributed by atoms with Crippen LogP contribution in [0.4, 0.5) is 0 Å². The lowest BCUT2D eigenvalue weighted by Crippen LogP contribution is -2.29. The number of rotatable bonds is 4. The summed E-state index contributed by atoms with van der Waals surface area (Å²) in [5, 5.41) is 4.12. The Morgan fingerprint density at radius 1 is 1.23 bits per heavy atom. The lowest BCUT2D eigenvalue weighted by atomic mass is 10.0. The Bertz CT molecular complexity index is 775. The van der Waals surface area contributed by atoms with Crippen LogP contribution < -0.4 is 11.0 Å². The number of aryl methyl sites for hydroxylation is 2. The molecule has 1 aromatic carbocycles. The first-order chi connectivity index (χ1) is 10.5. The average Bonchev–Trinajstić information content (AvgIpc) is 2.49. The maximum Gasteiger partial charge on any atom is 0.260 e. The van der Waals surface area contributed by atoms with Gasteiger partial charge in [0.15, 0.2) is 0 Å². The highest BCUT2D eigenvalue weighted by molar-refractivity contribution is 6.00. The van der Waals surface area contributed by atoms with Crippen molar-refractivity contribution in [3.63, 3.8) is 0 Å². The minimum Gasteiger partial charge on any atom is -0.306 e. The third kappa shape index (κ3) is 3.91. The maximum absolute atomic E-state index is 11.9. The van der Waals surface area contributed by atoms with E-state index < -0.39 is 0 Å². The standard InChI is InChI=1S/C17H19N3O2/c1-12-7-8-13(2)15(10-12)14(3)18-19-16(21)11-20-9-5-4-6-17(20)22/h4-10H,11H2,1-3H3,(H,19,21)/b18-14-. The Morgan fingerprint density at radius 3 is 2.73 bits per heavy atom. The van der Waals surface area contributed by atoms with Crippen LogP contribution in [0.25, 0.3) is 0 Å². The van der Waals surface area contributed by atoms with Crippen molar-refractivity contribution in [3.05, 3.63) is 69.6 Å². The number of nitrogens with one attached hydrogen (secondary N) is 1. The van der Waals surface area contributed by atoms with Gasteiger partial charge in [0, 0.05) is 17.8 Å². The van der Waals surface area contributed by atoms with Crippen LogP contribution in [0.5, 0.6) is 0 Å². The number of carbonyl (C=O) groups is 1. The van der Waals surface area contributed by atoms with E-state index in [-0.39, 0.29) is 18.0 Å². The van der Waals surface area contributed by atoms with Crippen LogP contribution in [0.15, 0.2) is 52.5 Å². The van der Waals surface area contributed by atoms with Gasteiger partial charge in [0.05, 0.1) is 5.71 Å². The summed E-state index contributed by atoms with van der Waals surface area (Å²) in [4.78, 5) is 23.4. The Kier molecular flexibility index (Phi) is 4.88. The van der Waals surface area contributed by atoms with Crippen molar-refractivity contribution < 1.29 is 4.79 Å². The molecule has 2 rings (SSSR count). The molecule has 0 aliphatic carbocycles. The van der Waals surface area contributed by atoms with E-state index in [1.165, 1.54) is 10.6 Å². The largest absolute Gasteiger partial charge is 0.306 e. The first-order valence-electron chi connectivity index (χ1n) is 7.03. The van der Waals surface area contributed by atoms with Gasteiger partial charge in [-0.25, -0.2) is 5.43 Å². The second-order valence-corrected chi connectivity index (χ2v) is 5.22. The van der Waals surface area contributed by atoms with Gasteiger partial charge in [-0.1, -0.05) is 23.8 Å². The van der Waals surface area contributed by atoms with Crippen LogP contribution in [-0.2, 0) is 11.3 Å². The number of hydrogen-bond acceptors (Lipinski definition) is 3. The van der Waals surface area contributed by atoms with Crippen molar-refractivity contribution >= 4 is 11.6 Å². The van der Waals surface area contributed by atoms with E-state index in [0.717, 1.165) is 22.4 Å². The summed E-state index contributed by atoms with van der Waals surface area (Å²) >= 11 is 0.